The van der Waals surface area contributed by atoms with Crippen LogP contribution >= 0.6 is 0 Å². The van der Waals surface area contributed by atoms with E-state index in [9.17, 15) is 0 Å². The lowest BCUT2D eigenvalue weighted by molar-refractivity contribution is 0.322. The average Bonchev–Trinajstić information content (AvgIpc) is 2.25. The van der Waals surface area contributed by atoms with Crippen LogP contribution in [-0.4, -0.2) is 12.6 Å². The maximum Gasteiger partial charge on any atom is 0.00389 e. The standard InChI is InChI=1S/C14H21N/c1-11-5-3-4-6-14(11)9-13-8-7-12(2)15-10-13/h3-6,12-13,15H,7-10H2,1-2H3. The number of hydrogen-bond acceptors (Lipinski definition) is 1. The Balaban J connectivity index is 1.95. The van der Waals surface area contributed by atoms with Gasteiger partial charge in [0.2, 0.25) is 0 Å². The number of rotatable bonds is 2. The second kappa shape index (κ2) is 4.80. The van der Waals surface area contributed by atoms with E-state index in [0.29, 0.717) is 0 Å². The van der Waals surface area contributed by atoms with Gasteiger partial charge >= 0.3 is 0 Å². The maximum atomic E-state index is 3.57. The van der Waals surface area contributed by atoms with Crippen molar-refractivity contribution in [1.82, 2.24) is 5.32 Å². The van der Waals surface area contributed by atoms with Crippen LogP contribution in [0.25, 0.3) is 0 Å². The molecule has 1 heterocycles. The molecular formula is C14H21N. The summed E-state index contributed by atoms with van der Waals surface area (Å²) in [5.41, 5.74) is 2.97. The van der Waals surface area contributed by atoms with Crippen molar-refractivity contribution >= 4 is 0 Å². The lowest BCUT2D eigenvalue weighted by atomic mass is 9.88. The Labute approximate surface area is 92.9 Å². The minimum atomic E-state index is 0.720. The Kier molecular flexibility index (Phi) is 3.42. The zero-order valence-electron chi connectivity index (χ0n) is 9.79. The van der Waals surface area contributed by atoms with Gasteiger partial charge in [-0.3, -0.25) is 0 Å². The number of aryl methyl sites for hydroxylation is 1. The SMILES string of the molecule is Cc1ccccc1CC1CCC(C)NC1. The Morgan fingerprint density at radius 3 is 2.73 bits per heavy atom. The molecule has 1 aromatic rings. The van der Waals surface area contributed by atoms with Gasteiger partial charge in [0.25, 0.3) is 0 Å². The first-order valence-corrected chi connectivity index (χ1v) is 6.03. The predicted octanol–water partition coefficient (Wildman–Crippen LogP) is 2.93. The first-order valence-electron chi connectivity index (χ1n) is 6.03. The first-order chi connectivity index (χ1) is 7.25. The van der Waals surface area contributed by atoms with Gasteiger partial charge in [0, 0.05) is 6.04 Å². The quantitative estimate of drug-likeness (QED) is 0.779. The molecule has 1 aromatic carbocycles. The molecule has 1 fully saturated rings. The molecule has 0 radical (unpaired) electrons. The number of benzene rings is 1. The topological polar surface area (TPSA) is 12.0 Å². The second-order valence-electron chi connectivity index (χ2n) is 4.88. The molecule has 0 aromatic heterocycles. The monoisotopic (exact) mass is 203 g/mol. The van der Waals surface area contributed by atoms with Crippen LogP contribution in [0.2, 0.25) is 0 Å². The van der Waals surface area contributed by atoms with Crippen LogP contribution in [0.1, 0.15) is 30.9 Å². The van der Waals surface area contributed by atoms with E-state index in [-0.39, 0.29) is 0 Å². The molecule has 0 saturated carbocycles. The highest BCUT2D eigenvalue weighted by atomic mass is 14.9. The highest BCUT2D eigenvalue weighted by Gasteiger charge is 2.17. The summed E-state index contributed by atoms with van der Waals surface area (Å²) in [5.74, 6) is 0.835. The summed E-state index contributed by atoms with van der Waals surface area (Å²) in [5, 5.41) is 3.57. The molecule has 1 N–H and O–H groups in total. The van der Waals surface area contributed by atoms with Crippen molar-refractivity contribution in [3.63, 3.8) is 0 Å². The fraction of sp³-hybridized carbons (Fsp3) is 0.571. The minimum Gasteiger partial charge on any atom is -0.314 e. The van der Waals surface area contributed by atoms with Crippen molar-refractivity contribution in [2.24, 2.45) is 5.92 Å². The molecule has 1 heteroatoms. The van der Waals surface area contributed by atoms with Gasteiger partial charge in [-0.25, -0.2) is 0 Å². The molecular weight excluding hydrogens is 182 g/mol. The van der Waals surface area contributed by atoms with Gasteiger partial charge in [-0.05, 0) is 56.7 Å². The van der Waals surface area contributed by atoms with Gasteiger partial charge in [0.1, 0.15) is 0 Å². The number of hydrogen-bond donors (Lipinski definition) is 1. The van der Waals surface area contributed by atoms with Crippen LogP contribution in [0, 0.1) is 12.8 Å². The van der Waals surface area contributed by atoms with Crippen LogP contribution < -0.4 is 5.32 Å². The molecule has 0 bridgehead atoms. The Hall–Kier alpha value is -0.820. The van der Waals surface area contributed by atoms with Crippen molar-refractivity contribution < 1.29 is 0 Å². The van der Waals surface area contributed by atoms with Crippen molar-refractivity contribution in [2.45, 2.75) is 39.2 Å². The minimum absolute atomic E-state index is 0.720. The van der Waals surface area contributed by atoms with Crippen LogP contribution in [0.4, 0.5) is 0 Å². The lowest BCUT2D eigenvalue weighted by Gasteiger charge is -2.28. The van der Waals surface area contributed by atoms with E-state index in [1.54, 1.807) is 0 Å². The third-order valence-corrected chi connectivity index (χ3v) is 3.53. The molecule has 15 heavy (non-hydrogen) atoms. The van der Waals surface area contributed by atoms with E-state index in [1.165, 1.54) is 36.9 Å². The lowest BCUT2D eigenvalue weighted by Crippen LogP contribution is -2.37. The molecule has 2 rings (SSSR count). The highest BCUT2D eigenvalue weighted by Crippen LogP contribution is 2.20. The van der Waals surface area contributed by atoms with Gasteiger partial charge < -0.3 is 5.32 Å². The van der Waals surface area contributed by atoms with Crippen LogP contribution in [-0.2, 0) is 6.42 Å². The van der Waals surface area contributed by atoms with E-state index < -0.39 is 0 Å². The van der Waals surface area contributed by atoms with E-state index in [4.69, 9.17) is 0 Å². The van der Waals surface area contributed by atoms with Gasteiger partial charge in [-0.15, -0.1) is 0 Å². The van der Waals surface area contributed by atoms with E-state index in [1.807, 2.05) is 0 Å². The van der Waals surface area contributed by atoms with Crippen LogP contribution in [0.3, 0.4) is 0 Å². The van der Waals surface area contributed by atoms with Crippen LogP contribution in [0.5, 0.6) is 0 Å². The van der Waals surface area contributed by atoms with Crippen molar-refractivity contribution in [2.75, 3.05) is 6.54 Å². The number of nitrogens with one attached hydrogen (secondary N) is 1. The Morgan fingerprint density at radius 2 is 2.07 bits per heavy atom. The summed E-state index contributed by atoms with van der Waals surface area (Å²) in [7, 11) is 0. The fourth-order valence-electron chi connectivity index (χ4n) is 2.38. The zero-order valence-corrected chi connectivity index (χ0v) is 9.79. The molecule has 0 spiro atoms. The summed E-state index contributed by atoms with van der Waals surface area (Å²) in [6.45, 7) is 5.69. The smallest absolute Gasteiger partial charge is 0.00389 e. The molecule has 0 amide bonds. The summed E-state index contributed by atoms with van der Waals surface area (Å²) < 4.78 is 0. The first kappa shape index (κ1) is 10.7. The molecule has 1 aliphatic heterocycles. The highest BCUT2D eigenvalue weighted by molar-refractivity contribution is 5.26. The zero-order chi connectivity index (χ0) is 10.7. The maximum absolute atomic E-state index is 3.57. The van der Waals surface area contributed by atoms with Crippen molar-refractivity contribution in [3.8, 4) is 0 Å². The van der Waals surface area contributed by atoms with Gasteiger partial charge in [-0.2, -0.15) is 0 Å². The fourth-order valence-corrected chi connectivity index (χ4v) is 2.38. The normalized spacial score (nSPS) is 26.5. The van der Waals surface area contributed by atoms with Gasteiger partial charge in [-0.1, -0.05) is 24.3 Å². The summed E-state index contributed by atoms with van der Waals surface area (Å²) in [6.07, 6.45) is 3.95. The largest absolute Gasteiger partial charge is 0.314 e. The van der Waals surface area contributed by atoms with E-state index in [2.05, 4.69) is 43.4 Å². The Morgan fingerprint density at radius 1 is 1.27 bits per heavy atom. The molecule has 82 valence electrons. The third-order valence-electron chi connectivity index (χ3n) is 3.53. The molecule has 1 nitrogen and oxygen atoms in total. The Bertz CT molecular complexity index is 311. The van der Waals surface area contributed by atoms with E-state index in [0.717, 1.165) is 12.0 Å². The predicted molar refractivity (Wildman–Crippen MR) is 65.1 cm³/mol. The summed E-state index contributed by atoms with van der Waals surface area (Å²) in [4.78, 5) is 0. The molecule has 2 unspecified atom stereocenters. The van der Waals surface area contributed by atoms with Crippen molar-refractivity contribution in [3.05, 3.63) is 35.4 Å². The number of piperidine rings is 1. The van der Waals surface area contributed by atoms with Gasteiger partial charge in [0.05, 0.1) is 0 Å². The average molecular weight is 203 g/mol. The summed E-state index contributed by atoms with van der Waals surface area (Å²) >= 11 is 0. The van der Waals surface area contributed by atoms with Crippen molar-refractivity contribution in [1.29, 1.82) is 0 Å². The second-order valence-corrected chi connectivity index (χ2v) is 4.88. The van der Waals surface area contributed by atoms with Gasteiger partial charge in [0.15, 0.2) is 0 Å². The molecule has 1 saturated heterocycles. The molecule has 2 atom stereocenters. The summed E-state index contributed by atoms with van der Waals surface area (Å²) in [6, 6.07) is 9.49. The third kappa shape index (κ3) is 2.82. The van der Waals surface area contributed by atoms with E-state index >= 15 is 0 Å². The molecule has 0 aliphatic carbocycles. The van der Waals surface area contributed by atoms with Crippen LogP contribution in [0.15, 0.2) is 24.3 Å². The molecule has 1 aliphatic rings.